The standard InChI is InChI=1S/C29H32N4O4/c30-31-19-21-12-14-23-15-13-22(18-24(23)17-21)20-33-27(36)29(32-28(33)37,25-9-5-4-6-10-25)16-8-3-1-2-7-11-26(34)35/h4-6,9-10,12-15,17-19H,1-3,7-8,11,16,20,30H2,(H,32,37)(H,34,35). The second-order valence-electron chi connectivity index (χ2n) is 9.47. The third kappa shape index (κ3) is 5.97. The first kappa shape index (κ1) is 25.9. The number of hydrogen-bond donors (Lipinski definition) is 3. The van der Waals surface area contributed by atoms with Crippen LogP contribution in [0.1, 0.15) is 61.6 Å². The van der Waals surface area contributed by atoms with Crippen LogP contribution in [0.4, 0.5) is 4.79 Å². The number of rotatable bonds is 12. The Bertz CT molecular complexity index is 1310. The van der Waals surface area contributed by atoms with Gasteiger partial charge in [-0.25, -0.2) is 4.79 Å². The van der Waals surface area contributed by atoms with E-state index in [1.165, 1.54) is 4.90 Å². The highest BCUT2D eigenvalue weighted by atomic mass is 16.4. The summed E-state index contributed by atoms with van der Waals surface area (Å²) in [4.78, 5) is 39.0. The van der Waals surface area contributed by atoms with Gasteiger partial charge >= 0.3 is 12.0 Å². The van der Waals surface area contributed by atoms with Crippen LogP contribution in [-0.2, 0) is 21.7 Å². The first-order chi connectivity index (χ1) is 17.9. The molecule has 192 valence electrons. The summed E-state index contributed by atoms with van der Waals surface area (Å²) in [7, 11) is 0. The van der Waals surface area contributed by atoms with Gasteiger partial charge in [-0.15, -0.1) is 0 Å². The summed E-state index contributed by atoms with van der Waals surface area (Å²) in [6.07, 6.45) is 6.19. The van der Waals surface area contributed by atoms with Gasteiger partial charge in [-0.3, -0.25) is 14.5 Å². The molecular weight excluding hydrogens is 468 g/mol. The number of carbonyl (C=O) groups is 3. The molecule has 8 heteroatoms. The fourth-order valence-electron chi connectivity index (χ4n) is 4.96. The summed E-state index contributed by atoms with van der Waals surface area (Å²) >= 11 is 0. The molecule has 37 heavy (non-hydrogen) atoms. The predicted octanol–water partition coefficient (Wildman–Crippen LogP) is 4.90. The average Bonchev–Trinajstić information content (AvgIpc) is 3.13. The van der Waals surface area contributed by atoms with Crippen molar-refractivity contribution in [3.05, 3.63) is 83.4 Å². The number of amides is 3. The first-order valence-corrected chi connectivity index (χ1v) is 12.6. The lowest BCUT2D eigenvalue weighted by Gasteiger charge is -2.27. The normalized spacial score (nSPS) is 17.6. The molecule has 3 amide bonds. The molecule has 0 bridgehead atoms. The monoisotopic (exact) mass is 500 g/mol. The number of fused-ring (bicyclic) bond motifs is 1. The van der Waals surface area contributed by atoms with Crippen LogP contribution in [0.2, 0.25) is 0 Å². The van der Waals surface area contributed by atoms with Crippen LogP contribution in [0.15, 0.2) is 71.8 Å². The van der Waals surface area contributed by atoms with Crippen LogP contribution in [0.25, 0.3) is 10.8 Å². The number of imide groups is 1. The summed E-state index contributed by atoms with van der Waals surface area (Å²) in [5.41, 5.74) is 1.38. The van der Waals surface area contributed by atoms with Crippen molar-refractivity contribution in [1.29, 1.82) is 0 Å². The van der Waals surface area contributed by atoms with Gasteiger partial charge in [0.1, 0.15) is 5.54 Å². The Morgan fingerprint density at radius 3 is 2.43 bits per heavy atom. The number of carboxylic acids is 1. The van der Waals surface area contributed by atoms with Gasteiger partial charge in [-0.1, -0.05) is 80.3 Å². The molecule has 3 aromatic carbocycles. The Kier molecular flexibility index (Phi) is 8.18. The van der Waals surface area contributed by atoms with Gasteiger partial charge in [0.2, 0.25) is 0 Å². The highest BCUT2D eigenvalue weighted by molar-refractivity contribution is 6.07. The van der Waals surface area contributed by atoms with E-state index in [4.69, 9.17) is 10.9 Å². The van der Waals surface area contributed by atoms with Crippen molar-refractivity contribution in [2.45, 2.75) is 57.0 Å². The predicted molar refractivity (Wildman–Crippen MR) is 143 cm³/mol. The molecule has 4 rings (SSSR count). The maximum Gasteiger partial charge on any atom is 0.325 e. The molecule has 0 aliphatic carbocycles. The van der Waals surface area contributed by atoms with Gasteiger partial charge in [-0.05, 0) is 52.4 Å². The number of nitrogens with one attached hydrogen (secondary N) is 1. The molecule has 8 nitrogen and oxygen atoms in total. The van der Waals surface area contributed by atoms with Gasteiger partial charge in [0.15, 0.2) is 0 Å². The molecule has 0 aromatic heterocycles. The zero-order chi connectivity index (χ0) is 26.3. The van der Waals surface area contributed by atoms with E-state index in [0.29, 0.717) is 12.8 Å². The third-order valence-corrected chi connectivity index (χ3v) is 6.88. The topological polar surface area (TPSA) is 125 Å². The Hall–Kier alpha value is -4.20. The van der Waals surface area contributed by atoms with E-state index in [0.717, 1.165) is 53.1 Å². The molecule has 3 aromatic rings. The Morgan fingerprint density at radius 2 is 1.68 bits per heavy atom. The number of unbranched alkanes of at least 4 members (excludes halogenated alkanes) is 4. The number of hydrazone groups is 1. The SMILES string of the molecule is NN=Cc1ccc2ccc(CN3C(=O)NC(CCCCCCCC(=O)O)(c4ccccc4)C3=O)cc2c1. The molecule has 1 aliphatic rings. The molecule has 1 atom stereocenters. The van der Waals surface area contributed by atoms with Crippen molar-refractivity contribution in [1.82, 2.24) is 10.2 Å². The summed E-state index contributed by atoms with van der Waals surface area (Å²) in [6.45, 7) is 0.166. The van der Waals surface area contributed by atoms with Gasteiger partial charge in [-0.2, -0.15) is 5.10 Å². The lowest BCUT2D eigenvalue weighted by atomic mass is 9.84. The summed E-state index contributed by atoms with van der Waals surface area (Å²) < 4.78 is 0. The van der Waals surface area contributed by atoms with Crippen molar-refractivity contribution in [3.63, 3.8) is 0 Å². The van der Waals surface area contributed by atoms with Crippen LogP contribution >= 0.6 is 0 Å². The van der Waals surface area contributed by atoms with Gasteiger partial charge in [0, 0.05) is 6.42 Å². The van der Waals surface area contributed by atoms with E-state index in [1.807, 2.05) is 66.7 Å². The molecule has 1 heterocycles. The molecule has 1 saturated heterocycles. The van der Waals surface area contributed by atoms with Crippen molar-refractivity contribution in [3.8, 4) is 0 Å². The maximum atomic E-state index is 13.8. The number of carbonyl (C=O) groups excluding carboxylic acids is 2. The minimum Gasteiger partial charge on any atom is -0.481 e. The highest BCUT2D eigenvalue weighted by Crippen LogP contribution is 2.35. The second kappa shape index (κ2) is 11.7. The zero-order valence-electron chi connectivity index (χ0n) is 20.7. The molecule has 0 radical (unpaired) electrons. The van der Waals surface area contributed by atoms with Crippen LogP contribution in [-0.4, -0.2) is 34.1 Å². The fraction of sp³-hybridized carbons (Fsp3) is 0.310. The third-order valence-electron chi connectivity index (χ3n) is 6.88. The smallest absolute Gasteiger partial charge is 0.325 e. The Morgan fingerprint density at radius 1 is 0.946 bits per heavy atom. The molecule has 0 spiro atoms. The van der Waals surface area contributed by atoms with Crippen LogP contribution in [0.5, 0.6) is 0 Å². The van der Waals surface area contributed by atoms with Crippen molar-refractivity contribution >= 4 is 34.9 Å². The molecule has 1 fully saturated rings. The quantitative estimate of drug-likeness (QED) is 0.107. The minimum atomic E-state index is -1.11. The van der Waals surface area contributed by atoms with Crippen LogP contribution in [0.3, 0.4) is 0 Å². The molecule has 1 aliphatic heterocycles. The number of nitrogens with zero attached hydrogens (tertiary/aromatic N) is 2. The minimum absolute atomic E-state index is 0.166. The first-order valence-electron chi connectivity index (χ1n) is 12.6. The van der Waals surface area contributed by atoms with E-state index in [1.54, 1.807) is 6.21 Å². The van der Waals surface area contributed by atoms with E-state index in [9.17, 15) is 14.4 Å². The number of aliphatic carboxylic acids is 1. The molecule has 1 unspecified atom stereocenters. The molecule has 4 N–H and O–H groups in total. The molecule has 0 saturated carbocycles. The average molecular weight is 501 g/mol. The zero-order valence-corrected chi connectivity index (χ0v) is 20.7. The van der Waals surface area contributed by atoms with Crippen LogP contribution in [0, 0.1) is 0 Å². The van der Waals surface area contributed by atoms with E-state index < -0.39 is 17.5 Å². The Labute approximate surface area is 216 Å². The van der Waals surface area contributed by atoms with Crippen molar-refractivity contribution in [2.24, 2.45) is 10.9 Å². The largest absolute Gasteiger partial charge is 0.481 e. The van der Waals surface area contributed by atoms with Crippen molar-refractivity contribution < 1.29 is 19.5 Å². The summed E-state index contributed by atoms with van der Waals surface area (Å²) in [6, 6.07) is 20.7. The second-order valence-corrected chi connectivity index (χ2v) is 9.47. The number of carboxylic acid groups (broad SMARTS) is 1. The van der Waals surface area contributed by atoms with E-state index in [2.05, 4.69) is 10.4 Å². The molecular formula is C29H32N4O4. The fourth-order valence-corrected chi connectivity index (χ4v) is 4.96. The van der Waals surface area contributed by atoms with Gasteiger partial charge < -0.3 is 16.3 Å². The van der Waals surface area contributed by atoms with E-state index in [-0.39, 0.29) is 18.9 Å². The van der Waals surface area contributed by atoms with Crippen LogP contribution < -0.4 is 11.2 Å². The van der Waals surface area contributed by atoms with Gasteiger partial charge in [0.25, 0.3) is 5.91 Å². The highest BCUT2D eigenvalue weighted by Gasteiger charge is 2.51. The number of urea groups is 1. The van der Waals surface area contributed by atoms with Gasteiger partial charge in [0.05, 0.1) is 12.8 Å². The van der Waals surface area contributed by atoms with E-state index >= 15 is 0 Å². The summed E-state index contributed by atoms with van der Waals surface area (Å²) in [5.74, 6) is 4.25. The lowest BCUT2D eigenvalue weighted by Crippen LogP contribution is -2.44. The lowest BCUT2D eigenvalue weighted by molar-refractivity contribution is -0.137. The summed E-state index contributed by atoms with van der Waals surface area (Å²) in [5, 5.41) is 17.4. The number of nitrogens with two attached hydrogens (primary N) is 1. The maximum absolute atomic E-state index is 13.8. The Balaban J connectivity index is 1.50. The van der Waals surface area contributed by atoms with Crippen molar-refractivity contribution in [2.75, 3.05) is 0 Å². The number of hydrogen-bond acceptors (Lipinski definition) is 5. The number of benzene rings is 3.